The number of aryl methyl sites for hydroxylation is 1. The monoisotopic (exact) mass is 494 g/mol. The zero-order valence-electron chi connectivity index (χ0n) is 19.7. The van der Waals surface area contributed by atoms with Crippen LogP contribution < -0.4 is 26.1 Å². The van der Waals surface area contributed by atoms with Crippen molar-refractivity contribution in [1.29, 1.82) is 0 Å². The van der Waals surface area contributed by atoms with E-state index in [4.69, 9.17) is 15.2 Å². The lowest BCUT2D eigenvalue weighted by Crippen LogP contribution is -2.33. The maximum atomic E-state index is 13.2. The first-order valence-corrected chi connectivity index (χ1v) is 11.9. The van der Waals surface area contributed by atoms with E-state index in [1.54, 1.807) is 29.8 Å². The quantitative estimate of drug-likeness (QED) is 0.364. The number of aromatic nitrogens is 2. The highest BCUT2D eigenvalue weighted by atomic mass is 32.2. The number of hydrogen-bond donors (Lipinski definition) is 2. The summed E-state index contributed by atoms with van der Waals surface area (Å²) < 4.78 is 12.5. The molecule has 4 rings (SSSR count). The van der Waals surface area contributed by atoms with Crippen LogP contribution >= 0.6 is 11.8 Å². The van der Waals surface area contributed by atoms with Crippen LogP contribution in [0.25, 0.3) is 0 Å². The fourth-order valence-electron chi connectivity index (χ4n) is 4.03. The summed E-state index contributed by atoms with van der Waals surface area (Å²) in [6, 6.07) is 13.1. The van der Waals surface area contributed by atoms with Crippen LogP contribution in [0.2, 0.25) is 0 Å². The molecule has 0 spiro atoms. The maximum Gasteiger partial charge on any atom is 0.279 e. The normalized spacial score (nSPS) is 14.7. The minimum atomic E-state index is -0.611. The van der Waals surface area contributed by atoms with E-state index in [1.165, 1.54) is 18.9 Å². The van der Waals surface area contributed by atoms with Crippen LogP contribution in [0, 0.1) is 6.92 Å². The fourth-order valence-corrected chi connectivity index (χ4v) is 5.07. The number of anilines is 1. The summed E-state index contributed by atoms with van der Waals surface area (Å²) in [5, 5.41) is 3.37. The molecule has 9 nitrogen and oxygen atoms in total. The Morgan fingerprint density at radius 3 is 2.71 bits per heavy atom. The summed E-state index contributed by atoms with van der Waals surface area (Å²) in [5.74, 6) is 0.459. The first-order chi connectivity index (χ1) is 16.8. The van der Waals surface area contributed by atoms with Gasteiger partial charge in [-0.2, -0.15) is 4.98 Å². The van der Waals surface area contributed by atoms with Gasteiger partial charge >= 0.3 is 0 Å². The first-order valence-electron chi connectivity index (χ1n) is 11.0. The number of carbonyl (C=O) groups is 2. The molecule has 2 heterocycles. The van der Waals surface area contributed by atoms with Crippen LogP contribution in [-0.4, -0.2) is 35.1 Å². The molecule has 2 amide bonds. The molecule has 1 unspecified atom stereocenters. The SMILES string of the molecule is COc1cc(C2CC(=O)Nc3c2c(=O)nc(SCc2ccccc2C)n3C)ccc1OCC(N)=O. The Morgan fingerprint density at radius 1 is 1.23 bits per heavy atom. The van der Waals surface area contributed by atoms with Gasteiger partial charge in [-0.3, -0.25) is 14.4 Å². The second-order valence-electron chi connectivity index (χ2n) is 8.21. The van der Waals surface area contributed by atoms with Crippen molar-refractivity contribution in [3.8, 4) is 11.5 Å². The molecule has 0 aliphatic carbocycles. The standard InChI is InChI=1S/C25H26N4O5S/c1-14-6-4-5-7-16(14)13-35-25-28-24(32)22-17(11-21(31)27-23(22)29(25)2)15-8-9-18(19(10-15)33-3)34-12-20(26)30/h4-10,17H,11-13H2,1-3H3,(H2,26,30)(H,27,31). The molecule has 0 radical (unpaired) electrons. The van der Waals surface area contributed by atoms with Gasteiger partial charge in [0.1, 0.15) is 5.82 Å². The van der Waals surface area contributed by atoms with E-state index in [1.807, 2.05) is 31.2 Å². The number of fused-ring (bicyclic) bond motifs is 1. The van der Waals surface area contributed by atoms with Crippen molar-refractivity contribution < 1.29 is 19.1 Å². The predicted octanol–water partition coefficient (Wildman–Crippen LogP) is 2.73. The maximum absolute atomic E-state index is 13.2. The zero-order chi connectivity index (χ0) is 25.1. The summed E-state index contributed by atoms with van der Waals surface area (Å²) in [6.07, 6.45) is 0.0876. The smallest absolute Gasteiger partial charge is 0.279 e. The molecule has 182 valence electrons. The molecular weight excluding hydrogens is 468 g/mol. The summed E-state index contributed by atoms with van der Waals surface area (Å²) in [5.41, 5.74) is 8.20. The summed E-state index contributed by atoms with van der Waals surface area (Å²) >= 11 is 1.44. The average molecular weight is 495 g/mol. The average Bonchev–Trinajstić information content (AvgIpc) is 2.84. The molecule has 1 atom stereocenters. The lowest BCUT2D eigenvalue weighted by atomic mass is 9.86. The Hall–Kier alpha value is -3.79. The molecule has 1 aliphatic heterocycles. The van der Waals surface area contributed by atoms with Crippen LogP contribution in [0.15, 0.2) is 52.4 Å². The molecule has 10 heteroatoms. The minimum Gasteiger partial charge on any atom is -0.493 e. The van der Waals surface area contributed by atoms with E-state index in [2.05, 4.69) is 10.3 Å². The van der Waals surface area contributed by atoms with Crippen LogP contribution in [0.3, 0.4) is 0 Å². The van der Waals surface area contributed by atoms with Crippen molar-refractivity contribution in [2.24, 2.45) is 12.8 Å². The van der Waals surface area contributed by atoms with E-state index in [0.29, 0.717) is 39.4 Å². The minimum absolute atomic E-state index is 0.0876. The Labute approximate surface area is 206 Å². The second-order valence-corrected chi connectivity index (χ2v) is 9.15. The van der Waals surface area contributed by atoms with Gasteiger partial charge in [-0.15, -0.1) is 0 Å². The van der Waals surface area contributed by atoms with Crippen molar-refractivity contribution in [3.05, 3.63) is 75.1 Å². The number of nitrogens with two attached hydrogens (primary N) is 1. The molecule has 1 aromatic heterocycles. The summed E-state index contributed by atoms with van der Waals surface area (Å²) in [6.45, 7) is 1.75. The van der Waals surface area contributed by atoms with E-state index < -0.39 is 11.8 Å². The number of primary amides is 1. The second kappa shape index (κ2) is 10.2. The molecule has 0 saturated carbocycles. The largest absolute Gasteiger partial charge is 0.493 e. The number of rotatable bonds is 8. The number of nitrogens with zero attached hydrogens (tertiary/aromatic N) is 2. The molecule has 0 fully saturated rings. The number of carbonyl (C=O) groups excluding carboxylic acids is 2. The highest BCUT2D eigenvalue weighted by molar-refractivity contribution is 7.98. The molecule has 3 N–H and O–H groups in total. The lowest BCUT2D eigenvalue weighted by molar-refractivity contribution is -0.120. The molecule has 35 heavy (non-hydrogen) atoms. The first kappa shape index (κ1) is 24.3. The van der Waals surface area contributed by atoms with Crippen molar-refractivity contribution in [2.75, 3.05) is 19.0 Å². The van der Waals surface area contributed by atoms with Gasteiger partial charge in [-0.1, -0.05) is 42.1 Å². The van der Waals surface area contributed by atoms with Gasteiger partial charge in [0.2, 0.25) is 5.91 Å². The van der Waals surface area contributed by atoms with Crippen LogP contribution in [0.4, 0.5) is 5.82 Å². The van der Waals surface area contributed by atoms with Gasteiger partial charge < -0.3 is 25.1 Å². The van der Waals surface area contributed by atoms with Crippen LogP contribution in [0.1, 0.15) is 34.6 Å². The number of benzene rings is 2. The van der Waals surface area contributed by atoms with Crippen molar-refractivity contribution in [3.63, 3.8) is 0 Å². The molecule has 1 aliphatic rings. The molecular formula is C25H26N4O5S. The number of nitrogens with one attached hydrogen (secondary N) is 1. The van der Waals surface area contributed by atoms with Gasteiger partial charge in [0, 0.05) is 25.1 Å². The van der Waals surface area contributed by atoms with Crippen molar-refractivity contribution in [1.82, 2.24) is 9.55 Å². The van der Waals surface area contributed by atoms with Gasteiger partial charge in [0.05, 0.1) is 12.7 Å². The Balaban J connectivity index is 1.69. The van der Waals surface area contributed by atoms with E-state index >= 15 is 0 Å². The molecule has 0 saturated heterocycles. The van der Waals surface area contributed by atoms with Gasteiger partial charge in [-0.05, 0) is 35.7 Å². The number of hydrogen-bond acceptors (Lipinski definition) is 7. The van der Waals surface area contributed by atoms with E-state index in [9.17, 15) is 14.4 Å². The zero-order valence-corrected chi connectivity index (χ0v) is 20.5. The molecule has 2 aromatic carbocycles. The number of ether oxygens (including phenoxy) is 2. The number of amides is 2. The van der Waals surface area contributed by atoms with Gasteiger partial charge in [0.25, 0.3) is 11.5 Å². The highest BCUT2D eigenvalue weighted by Gasteiger charge is 2.32. The molecule has 0 bridgehead atoms. The third-order valence-electron chi connectivity index (χ3n) is 5.88. The van der Waals surface area contributed by atoms with Crippen LogP contribution in [0.5, 0.6) is 11.5 Å². The third kappa shape index (κ3) is 5.17. The van der Waals surface area contributed by atoms with Gasteiger partial charge in [-0.25, -0.2) is 0 Å². The Kier molecular flexibility index (Phi) is 7.11. The predicted molar refractivity (Wildman–Crippen MR) is 133 cm³/mol. The summed E-state index contributed by atoms with van der Waals surface area (Å²) in [4.78, 5) is 41.3. The van der Waals surface area contributed by atoms with Gasteiger partial charge in [0.15, 0.2) is 23.3 Å². The van der Waals surface area contributed by atoms with E-state index in [-0.39, 0.29) is 24.5 Å². The fraction of sp³-hybridized carbons (Fsp3) is 0.280. The Bertz CT molecular complexity index is 1350. The highest BCUT2D eigenvalue weighted by Crippen LogP contribution is 2.39. The van der Waals surface area contributed by atoms with Crippen LogP contribution in [-0.2, 0) is 22.4 Å². The topological polar surface area (TPSA) is 126 Å². The van der Waals surface area contributed by atoms with E-state index in [0.717, 1.165) is 11.1 Å². The lowest BCUT2D eigenvalue weighted by Gasteiger charge is -2.28. The third-order valence-corrected chi connectivity index (χ3v) is 6.96. The summed E-state index contributed by atoms with van der Waals surface area (Å²) in [7, 11) is 3.26. The number of methoxy groups -OCH3 is 1. The molecule has 3 aromatic rings. The number of thioether (sulfide) groups is 1. The Morgan fingerprint density at radius 2 is 2.00 bits per heavy atom. The van der Waals surface area contributed by atoms with Crippen molar-refractivity contribution >= 4 is 29.4 Å². The van der Waals surface area contributed by atoms with Crippen molar-refractivity contribution in [2.45, 2.75) is 30.2 Å².